The first kappa shape index (κ1) is 19.7. The molecule has 1 aliphatic heterocycles. The lowest BCUT2D eigenvalue weighted by molar-refractivity contribution is -0.154. The SMILES string of the molecule is CC(C)(C)OC(=O)CNC1(c2ccccc2Cl)C(=O)Nc2ccc(Cl)cc21. The lowest BCUT2D eigenvalue weighted by Crippen LogP contribution is -2.51. The fourth-order valence-corrected chi connectivity index (χ4v) is 3.61. The number of esters is 1. The van der Waals surface area contributed by atoms with Gasteiger partial charge in [-0.2, -0.15) is 0 Å². The zero-order valence-corrected chi connectivity index (χ0v) is 16.7. The molecule has 1 heterocycles. The molecule has 27 heavy (non-hydrogen) atoms. The minimum atomic E-state index is -1.35. The number of amides is 1. The van der Waals surface area contributed by atoms with Crippen LogP contribution in [-0.4, -0.2) is 24.0 Å². The fourth-order valence-electron chi connectivity index (χ4n) is 3.16. The first-order valence-corrected chi connectivity index (χ1v) is 9.22. The number of benzene rings is 2. The van der Waals surface area contributed by atoms with Crippen molar-refractivity contribution in [3.63, 3.8) is 0 Å². The minimum Gasteiger partial charge on any atom is -0.459 e. The van der Waals surface area contributed by atoms with Gasteiger partial charge in [-0.3, -0.25) is 14.9 Å². The van der Waals surface area contributed by atoms with Crippen LogP contribution in [0.2, 0.25) is 10.0 Å². The van der Waals surface area contributed by atoms with Gasteiger partial charge >= 0.3 is 5.97 Å². The van der Waals surface area contributed by atoms with Crippen LogP contribution < -0.4 is 10.6 Å². The van der Waals surface area contributed by atoms with Crippen molar-refractivity contribution in [1.29, 1.82) is 0 Å². The summed E-state index contributed by atoms with van der Waals surface area (Å²) in [6, 6.07) is 12.1. The Labute approximate surface area is 168 Å². The molecule has 1 atom stereocenters. The number of hydrogen-bond donors (Lipinski definition) is 2. The second-order valence-electron chi connectivity index (χ2n) is 7.31. The molecule has 2 N–H and O–H groups in total. The Bertz CT molecular complexity index is 908. The number of anilines is 1. The summed E-state index contributed by atoms with van der Waals surface area (Å²) in [6.07, 6.45) is 0. The van der Waals surface area contributed by atoms with Gasteiger partial charge in [0.25, 0.3) is 5.91 Å². The molecule has 2 aromatic carbocycles. The van der Waals surface area contributed by atoms with Gasteiger partial charge in [0.2, 0.25) is 0 Å². The summed E-state index contributed by atoms with van der Waals surface area (Å²) < 4.78 is 5.36. The summed E-state index contributed by atoms with van der Waals surface area (Å²) >= 11 is 12.6. The fraction of sp³-hybridized carbons (Fsp3) is 0.300. The first-order chi connectivity index (χ1) is 12.6. The third-order valence-corrected chi connectivity index (χ3v) is 4.73. The second kappa shape index (κ2) is 7.15. The Hall–Kier alpha value is -2.08. The summed E-state index contributed by atoms with van der Waals surface area (Å²) in [7, 11) is 0. The Morgan fingerprint density at radius 3 is 2.52 bits per heavy atom. The van der Waals surface area contributed by atoms with Gasteiger partial charge in [-0.05, 0) is 45.0 Å². The summed E-state index contributed by atoms with van der Waals surface area (Å²) in [5.74, 6) is -0.811. The molecule has 5 nitrogen and oxygen atoms in total. The van der Waals surface area contributed by atoms with E-state index in [-0.39, 0.29) is 12.5 Å². The van der Waals surface area contributed by atoms with Crippen molar-refractivity contribution < 1.29 is 14.3 Å². The summed E-state index contributed by atoms with van der Waals surface area (Å²) in [4.78, 5) is 25.4. The smallest absolute Gasteiger partial charge is 0.320 e. The summed E-state index contributed by atoms with van der Waals surface area (Å²) in [5.41, 5.74) is -0.225. The van der Waals surface area contributed by atoms with Crippen molar-refractivity contribution in [3.8, 4) is 0 Å². The highest BCUT2D eigenvalue weighted by atomic mass is 35.5. The molecule has 0 aliphatic carbocycles. The molecule has 1 unspecified atom stereocenters. The van der Waals surface area contributed by atoms with Crippen LogP contribution in [-0.2, 0) is 19.9 Å². The van der Waals surface area contributed by atoms with Gasteiger partial charge in [-0.15, -0.1) is 0 Å². The number of nitrogens with one attached hydrogen (secondary N) is 2. The first-order valence-electron chi connectivity index (χ1n) is 8.47. The van der Waals surface area contributed by atoms with Crippen LogP contribution in [0.1, 0.15) is 31.9 Å². The normalized spacial score (nSPS) is 18.8. The zero-order chi connectivity index (χ0) is 19.8. The van der Waals surface area contributed by atoms with Crippen LogP contribution in [0, 0.1) is 0 Å². The van der Waals surface area contributed by atoms with Gasteiger partial charge < -0.3 is 10.1 Å². The molecule has 7 heteroatoms. The highest BCUT2D eigenvalue weighted by molar-refractivity contribution is 6.32. The topological polar surface area (TPSA) is 67.4 Å². The molecule has 0 radical (unpaired) electrons. The predicted molar refractivity (Wildman–Crippen MR) is 106 cm³/mol. The number of hydrogen-bond acceptors (Lipinski definition) is 4. The molecule has 2 aromatic rings. The van der Waals surface area contributed by atoms with Crippen LogP contribution in [0.3, 0.4) is 0 Å². The summed E-state index contributed by atoms with van der Waals surface area (Å²) in [5, 5.41) is 6.79. The monoisotopic (exact) mass is 406 g/mol. The third-order valence-electron chi connectivity index (χ3n) is 4.17. The van der Waals surface area contributed by atoms with E-state index in [1.54, 1.807) is 63.2 Å². The van der Waals surface area contributed by atoms with Gasteiger partial charge in [0, 0.05) is 26.9 Å². The maximum atomic E-state index is 13.1. The van der Waals surface area contributed by atoms with Gasteiger partial charge in [0.1, 0.15) is 5.60 Å². The van der Waals surface area contributed by atoms with Crippen molar-refractivity contribution >= 4 is 40.8 Å². The number of carbonyl (C=O) groups excluding carboxylic acids is 2. The molecule has 0 spiro atoms. The average molecular weight is 407 g/mol. The van der Waals surface area contributed by atoms with E-state index in [9.17, 15) is 9.59 Å². The third kappa shape index (κ3) is 3.81. The standard InChI is InChI=1S/C20H20Cl2N2O3/c1-19(2,3)27-17(25)11-23-20(13-6-4-5-7-15(13)22)14-10-12(21)8-9-16(14)24-18(20)26/h4-10,23H,11H2,1-3H3,(H,24,26). The van der Waals surface area contributed by atoms with Crippen LogP contribution in [0.15, 0.2) is 42.5 Å². The quantitative estimate of drug-likeness (QED) is 0.749. The van der Waals surface area contributed by atoms with E-state index >= 15 is 0 Å². The molecule has 1 amide bonds. The largest absolute Gasteiger partial charge is 0.459 e. The van der Waals surface area contributed by atoms with Crippen molar-refractivity contribution in [2.75, 3.05) is 11.9 Å². The van der Waals surface area contributed by atoms with E-state index in [2.05, 4.69) is 10.6 Å². The van der Waals surface area contributed by atoms with Crippen LogP contribution >= 0.6 is 23.2 Å². The van der Waals surface area contributed by atoms with E-state index in [1.165, 1.54) is 0 Å². The molecule has 0 bridgehead atoms. The lowest BCUT2D eigenvalue weighted by Gasteiger charge is -2.30. The Morgan fingerprint density at radius 1 is 1.15 bits per heavy atom. The maximum Gasteiger partial charge on any atom is 0.320 e. The molecular formula is C20H20Cl2N2O3. The van der Waals surface area contributed by atoms with Crippen LogP contribution in [0.25, 0.3) is 0 Å². The van der Waals surface area contributed by atoms with E-state index in [0.29, 0.717) is 26.9 Å². The van der Waals surface area contributed by atoms with Gasteiger partial charge in [-0.25, -0.2) is 0 Å². The van der Waals surface area contributed by atoms with Gasteiger partial charge in [0.05, 0.1) is 6.54 Å². The van der Waals surface area contributed by atoms with Crippen molar-refractivity contribution in [2.24, 2.45) is 0 Å². The maximum absolute atomic E-state index is 13.1. The number of halogens is 2. The zero-order valence-electron chi connectivity index (χ0n) is 15.2. The molecule has 0 saturated carbocycles. The molecule has 142 valence electrons. The van der Waals surface area contributed by atoms with E-state index in [0.717, 1.165) is 0 Å². The number of rotatable bonds is 4. The second-order valence-corrected chi connectivity index (χ2v) is 8.16. The van der Waals surface area contributed by atoms with Gasteiger partial charge in [-0.1, -0.05) is 41.4 Å². The number of fused-ring (bicyclic) bond motifs is 1. The van der Waals surface area contributed by atoms with E-state index in [1.807, 2.05) is 0 Å². The van der Waals surface area contributed by atoms with E-state index in [4.69, 9.17) is 27.9 Å². The van der Waals surface area contributed by atoms with Crippen molar-refractivity contribution in [1.82, 2.24) is 5.32 Å². The van der Waals surface area contributed by atoms with Crippen LogP contribution in [0.4, 0.5) is 5.69 Å². The molecule has 3 rings (SSSR count). The highest BCUT2D eigenvalue weighted by Gasteiger charge is 2.49. The van der Waals surface area contributed by atoms with Gasteiger partial charge in [0.15, 0.2) is 5.54 Å². The number of carbonyl (C=O) groups is 2. The molecule has 0 aromatic heterocycles. The van der Waals surface area contributed by atoms with Crippen molar-refractivity contribution in [2.45, 2.75) is 31.9 Å². The minimum absolute atomic E-state index is 0.179. The molecule has 0 saturated heterocycles. The Kier molecular flexibility index (Phi) is 5.21. The van der Waals surface area contributed by atoms with E-state index < -0.39 is 17.1 Å². The lowest BCUT2D eigenvalue weighted by atomic mass is 9.83. The summed E-state index contributed by atoms with van der Waals surface area (Å²) in [6.45, 7) is 5.17. The van der Waals surface area contributed by atoms with Crippen molar-refractivity contribution in [3.05, 3.63) is 63.6 Å². The Balaban J connectivity index is 2.07. The van der Waals surface area contributed by atoms with Crippen LogP contribution in [0.5, 0.6) is 0 Å². The molecule has 1 aliphatic rings. The molecule has 0 fully saturated rings. The predicted octanol–water partition coefficient (Wildman–Crippen LogP) is 4.12. The number of ether oxygens (including phenoxy) is 1. The Morgan fingerprint density at radius 2 is 1.85 bits per heavy atom. The highest BCUT2D eigenvalue weighted by Crippen LogP contribution is 2.44. The molecular weight excluding hydrogens is 387 g/mol. The average Bonchev–Trinajstić information content (AvgIpc) is 2.84.